The number of phenolic OH excluding ortho intramolecular Hbond substituents is 1. The molecule has 1 N–H and O–H groups in total. The third-order valence-corrected chi connectivity index (χ3v) is 8.99. The SMILES string of the molecule is Oc1ccccc1[P+](c1ccccc1)(c1ccccc1)c1ccccc1.[I-]. The Kier molecular flexibility index (Phi) is 6.30. The Labute approximate surface area is 178 Å². The molecular weight excluding hydrogens is 462 g/mol. The van der Waals surface area contributed by atoms with Gasteiger partial charge in [-0.1, -0.05) is 66.7 Å². The van der Waals surface area contributed by atoms with Gasteiger partial charge in [-0.05, 0) is 48.5 Å². The van der Waals surface area contributed by atoms with Gasteiger partial charge >= 0.3 is 0 Å². The van der Waals surface area contributed by atoms with Crippen molar-refractivity contribution < 1.29 is 29.1 Å². The summed E-state index contributed by atoms with van der Waals surface area (Å²) in [6.07, 6.45) is 0. The first-order valence-electron chi connectivity index (χ1n) is 8.68. The molecule has 1 nitrogen and oxygen atoms in total. The molecule has 0 amide bonds. The molecule has 0 aliphatic rings. The number of hydrogen-bond donors (Lipinski definition) is 1. The minimum atomic E-state index is -2.19. The number of aromatic hydroxyl groups is 1. The van der Waals surface area contributed by atoms with Crippen molar-refractivity contribution in [3.8, 4) is 5.75 Å². The van der Waals surface area contributed by atoms with E-state index in [1.165, 1.54) is 15.9 Å². The highest BCUT2D eigenvalue weighted by Crippen LogP contribution is 2.55. The fourth-order valence-electron chi connectivity index (χ4n) is 3.57. The molecule has 0 atom stereocenters. The summed E-state index contributed by atoms with van der Waals surface area (Å²) in [6.45, 7) is 0. The van der Waals surface area contributed by atoms with Crippen LogP contribution in [0.15, 0.2) is 115 Å². The second-order valence-electron chi connectivity index (χ2n) is 6.17. The summed E-state index contributed by atoms with van der Waals surface area (Å²) in [5, 5.41) is 15.6. The van der Waals surface area contributed by atoms with Crippen LogP contribution in [0.25, 0.3) is 0 Å². The third-order valence-electron chi connectivity index (χ3n) is 4.67. The maximum atomic E-state index is 10.9. The average molecular weight is 482 g/mol. The van der Waals surface area contributed by atoms with Crippen LogP contribution in [0, 0.1) is 0 Å². The van der Waals surface area contributed by atoms with Gasteiger partial charge in [0, 0.05) is 0 Å². The van der Waals surface area contributed by atoms with Crippen molar-refractivity contribution in [1.29, 1.82) is 0 Å². The molecule has 0 aliphatic carbocycles. The summed E-state index contributed by atoms with van der Waals surface area (Å²) in [4.78, 5) is 0. The van der Waals surface area contributed by atoms with Crippen molar-refractivity contribution in [3.05, 3.63) is 115 Å². The van der Waals surface area contributed by atoms with Gasteiger partial charge < -0.3 is 29.1 Å². The summed E-state index contributed by atoms with van der Waals surface area (Å²) in [6, 6.07) is 39.4. The molecule has 0 spiro atoms. The van der Waals surface area contributed by atoms with E-state index in [1.807, 2.05) is 30.3 Å². The fraction of sp³-hybridized carbons (Fsp3) is 0. The van der Waals surface area contributed by atoms with E-state index < -0.39 is 7.26 Å². The molecule has 3 heteroatoms. The monoisotopic (exact) mass is 482 g/mol. The molecule has 0 aliphatic heterocycles. The number of phenols is 1. The van der Waals surface area contributed by atoms with Gasteiger partial charge in [-0.25, -0.2) is 0 Å². The number of rotatable bonds is 4. The smallest absolute Gasteiger partial charge is 0.159 e. The van der Waals surface area contributed by atoms with E-state index in [1.54, 1.807) is 6.07 Å². The zero-order valence-electron chi connectivity index (χ0n) is 14.7. The lowest BCUT2D eigenvalue weighted by Crippen LogP contribution is -3.00. The van der Waals surface area contributed by atoms with Crippen molar-refractivity contribution in [3.63, 3.8) is 0 Å². The van der Waals surface area contributed by atoms with Gasteiger partial charge in [0.2, 0.25) is 0 Å². The van der Waals surface area contributed by atoms with Gasteiger partial charge in [-0.2, -0.15) is 0 Å². The molecule has 0 bridgehead atoms. The van der Waals surface area contributed by atoms with E-state index in [0.717, 1.165) is 5.30 Å². The normalized spacial score (nSPS) is 10.8. The number of hydrogen-bond acceptors (Lipinski definition) is 1. The molecule has 0 saturated carbocycles. The maximum absolute atomic E-state index is 10.9. The highest BCUT2D eigenvalue weighted by atomic mass is 127. The molecule has 0 saturated heterocycles. The van der Waals surface area contributed by atoms with Gasteiger partial charge in [0.25, 0.3) is 0 Å². The Morgan fingerprint density at radius 2 is 0.778 bits per heavy atom. The average Bonchev–Trinajstić information content (AvgIpc) is 2.72. The van der Waals surface area contributed by atoms with E-state index in [0.29, 0.717) is 5.75 Å². The lowest BCUT2D eigenvalue weighted by atomic mass is 10.3. The Bertz CT molecular complexity index is 892. The Morgan fingerprint density at radius 3 is 1.15 bits per heavy atom. The van der Waals surface area contributed by atoms with E-state index >= 15 is 0 Å². The fourth-order valence-corrected chi connectivity index (χ4v) is 7.88. The van der Waals surface area contributed by atoms with E-state index in [-0.39, 0.29) is 24.0 Å². The molecule has 0 unspecified atom stereocenters. The van der Waals surface area contributed by atoms with Crippen molar-refractivity contribution in [2.75, 3.05) is 0 Å². The van der Waals surface area contributed by atoms with Gasteiger partial charge in [0.15, 0.2) is 11.1 Å². The first-order chi connectivity index (χ1) is 12.8. The molecule has 0 fully saturated rings. The van der Waals surface area contributed by atoms with Crippen molar-refractivity contribution in [2.24, 2.45) is 0 Å². The lowest BCUT2D eigenvalue weighted by Gasteiger charge is -2.27. The zero-order valence-corrected chi connectivity index (χ0v) is 17.8. The van der Waals surface area contributed by atoms with Crippen LogP contribution in [0.1, 0.15) is 0 Å². The summed E-state index contributed by atoms with van der Waals surface area (Å²) in [5.41, 5.74) is 0. The summed E-state index contributed by atoms with van der Waals surface area (Å²) in [5.74, 6) is 0.345. The van der Waals surface area contributed by atoms with Crippen LogP contribution in [0.5, 0.6) is 5.75 Å². The molecule has 4 rings (SSSR count). The van der Waals surface area contributed by atoms with E-state index in [2.05, 4.69) is 78.9 Å². The van der Waals surface area contributed by atoms with Crippen LogP contribution in [0.2, 0.25) is 0 Å². The summed E-state index contributed by atoms with van der Waals surface area (Å²) >= 11 is 0. The molecule has 134 valence electrons. The van der Waals surface area contributed by atoms with Crippen molar-refractivity contribution >= 4 is 28.5 Å². The van der Waals surface area contributed by atoms with E-state index in [9.17, 15) is 5.11 Å². The lowest BCUT2D eigenvalue weighted by molar-refractivity contribution is -0.00000594. The highest BCUT2D eigenvalue weighted by molar-refractivity contribution is 8.01. The standard InChI is InChI=1S/C24H19OP.HI/c25-23-18-10-11-19-24(23)26(20-12-4-1-5-13-20,21-14-6-2-7-15-21)22-16-8-3-9-17-22;/h1-19H;1H. The summed E-state index contributed by atoms with van der Waals surface area (Å²) < 4.78 is 0. The van der Waals surface area contributed by atoms with Crippen LogP contribution >= 0.6 is 7.26 Å². The summed E-state index contributed by atoms with van der Waals surface area (Å²) in [7, 11) is -2.19. The predicted molar refractivity (Wildman–Crippen MR) is 113 cm³/mol. The number of halogens is 1. The second kappa shape index (κ2) is 8.69. The van der Waals surface area contributed by atoms with E-state index in [4.69, 9.17) is 0 Å². The number of benzene rings is 4. The van der Waals surface area contributed by atoms with Crippen LogP contribution in [-0.2, 0) is 0 Å². The molecule has 4 aromatic carbocycles. The Balaban J connectivity index is 0.00000210. The number of para-hydroxylation sites is 1. The molecule has 0 heterocycles. The Hall–Kier alpha value is -2.16. The minimum absolute atomic E-state index is 0. The Morgan fingerprint density at radius 1 is 0.444 bits per heavy atom. The molecule has 0 radical (unpaired) electrons. The van der Waals surface area contributed by atoms with Crippen LogP contribution in [-0.4, -0.2) is 5.11 Å². The predicted octanol–water partition coefficient (Wildman–Crippen LogP) is 1.02. The first kappa shape index (κ1) is 19.6. The van der Waals surface area contributed by atoms with Gasteiger partial charge in [-0.3, -0.25) is 0 Å². The van der Waals surface area contributed by atoms with Crippen molar-refractivity contribution in [2.45, 2.75) is 0 Å². The highest BCUT2D eigenvalue weighted by Gasteiger charge is 2.49. The third kappa shape index (κ3) is 3.52. The molecular formula is C24H20IOP. The van der Waals surface area contributed by atoms with Crippen molar-refractivity contribution in [1.82, 2.24) is 0 Å². The van der Waals surface area contributed by atoms with Gasteiger partial charge in [0.05, 0.1) is 0 Å². The topological polar surface area (TPSA) is 20.2 Å². The molecule has 4 aromatic rings. The molecule has 27 heavy (non-hydrogen) atoms. The first-order valence-corrected chi connectivity index (χ1v) is 10.5. The maximum Gasteiger partial charge on any atom is 0.159 e. The zero-order chi connectivity index (χ0) is 17.8. The second-order valence-corrected chi connectivity index (χ2v) is 9.54. The van der Waals surface area contributed by atoms with Crippen LogP contribution < -0.4 is 45.2 Å². The molecule has 0 aromatic heterocycles. The van der Waals surface area contributed by atoms with Crippen LogP contribution in [0.3, 0.4) is 0 Å². The van der Waals surface area contributed by atoms with Gasteiger partial charge in [-0.15, -0.1) is 0 Å². The quantitative estimate of drug-likeness (QED) is 0.341. The van der Waals surface area contributed by atoms with Crippen LogP contribution in [0.4, 0.5) is 0 Å². The minimum Gasteiger partial charge on any atom is -1.00 e. The van der Waals surface area contributed by atoms with Gasteiger partial charge in [0.1, 0.15) is 23.2 Å². The largest absolute Gasteiger partial charge is 1.00 e.